The van der Waals surface area contributed by atoms with Gasteiger partial charge in [-0.05, 0) is 0 Å². The summed E-state index contributed by atoms with van der Waals surface area (Å²) in [5.41, 5.74) is 0. The molecule has 0 amide bonds. The van der Waals surface area contributed by atoms with Gasteiger partial charge in [-0.2, -0.15) is 0 Å². The van der Waals surface area contributed by atoms with Crippen LogP contribution < -0.4 is 34.0 Å². The molecule has 0 atom stereocenters. The first-order valence-corrected chi connectivity index (χ1v) is 0. The zero-order valence-electron chi connectivity index (χ0n) is 1.91. The predicted molar refractivity (Wildman–Crippen MR) is 11.5 cm³/mol. The molecule has 0 spiro atoms. The van der Waals surface area contributed by atoms with Crippen LogP contribution in [0.3, 0.4) is 0 Å². The Morgan fingerprint density at radius 1 is 0.500 bits per heavy atom. The maximum absolute atomic E-state index is 0. The van der Waals surface area contributed by atoms with Gasteiger partial charge in [-0.1, -0.05) is 0 Å². The molecule has 0 saturated heterocycles. The molecule has 0 aromatic rings. The molecular weight excluding hydrogens is 569 g/mol. The summed E-state index contributed by atoms with van der Waals surface area (Å²) in [5, 5.41) is 0. The van der Waals surface area contributed by atoms with Crippen LogP contribution in [0.1, 0.15) is 0 Å². The molecule has 0 N–H and O–H groups in total. The van der Waals surface area contributed by atoms with E-state index in [2.05, 4.69) is 0 Å². The Morgan fingerprint density at radius 2 is 0.500 bits per heavy atom. The largest absolute Gasteiger partial charge is 1.00 e. The minimum absolute atomic E-state index is 0. The molecule has 0 aliphatic rings. The monoisotopic (exact) mass is 568 g/mol. The molecule has 0 radical (unpaired) electrons. The van der Waals surface area contributed by atoms with Gasteiger partial charge < -0.3 is 34.0 Å². The van der Waals surface area contributed by atoms with E-state index in [9.17, 15) is 0 Å². The van der Waals surface area contributed by atoms with E-state index in [0.717, 1.165) is 0 Å². The summed E-state index contributed by atoms with van der Waals surface area (Å²) in [6, 6.07) is 0. The Balaban J connectivity index is 0. The van der Waals surface area contributed by atoms with Crippen molar-refractivity contribution in [2.45, 2.75) is 0 Å². The summed E-state index contributed by atoms with van der Waals surface area (Å²) in [7, 11) is 0. The first-order chi connectivity index (χ1) is 0. The molecule has 20 valence electrons. The van der Waals surface area contributed by atoms with Crippen molar-refractivity contribution in [2.75, 3.05) is 0 Å². The van der Waals surface area contributed by atoms with E-state index < -0.39 is 0 Å². The summed E-state index contributed by atoms with van der Waals surface area (Å²) in [4.78, 5) is 0. The Morgan fingerprint density at radius 3 is 0.500 bits per heavy atom. The van der Waals surface area contributed by atoms with Gasteiger partial charge >= 0.3 is 54.6 Å². The standard InChI is InChI=1S/2BrH.2Tl/h2*1H;;/q;;2*+1/p-2. The van der Waals surface area contributed by atoms with Gasteiger partial charge in [0.2, 0.25) is 0 Å². The number of hydrogen-bond donors (Lipinski definition) is 0. The van der Waals surface area contributed by atoms with Crippen molar-refractivity contribution in [3.05, 3.63) is 0 Å². The zero-order valence-corrected chi connectivity index (χ0v) is 14.1. The molecule has 0 aliphatic heterocycles. The second-order valence-electron chi connectivity index (χ2n) is 0. The van der Waals surface area contributed by atoms with E-state index in [0.29, 0.717) is 0 Å². The number of hydrogen-bond acceptors (Lipinski definition) is 0. The van der Waals surface area contributed by atoms with Crippen LogP contribution in [-0.4, -0.2) is 54.6 Å². The summed E-state index contributed by atoms with van der Waals surface area (Å²) < 4.78 is 0. The Labute approximate surface area is 87.0 Å². The van der Waals surface area contributed by atoms with Crippen molar-refractivity contribution in [1.82, 2.24) is 0 Å². The number of halogens is 2. The van der Waals surface area contributed by atoms with Crippen molar-refractivity contribution in [3.63, 3.8) is 0 Å². The average Bonchev–Trinajstić information content (AvgIpc) is 0. The fraction of sp³-hybridized carbons (Fsp3) is 0. The molecule has 0 bridgehead atoms. The maximum atomic E-state index is 0. The van der Waals surface area contributed by atoms with Crippen LogP contribution in [0.4, 0.5) is 0 Å². The van der Waals surface area contributed by atoms with E-state index in [1.165, 1.54) is 0 Å². The van der Waals surface area contributed by atoms with Crippen LogP contribution in [0.25, 0.3) is 0 Å². The van der Waals surface area contributed by atoms with Crippen LogP contribution in [0.2, 0.25) is 0 Å². The predicted octanol–water partition coefficient (Wildman–Crippen LogP) is -6.75. The van der Waals surface area contributed by atoms with Crippen molar-refractivity contribution >= 4 is 54.6 Å². The summed E-state index contributed by atoms with van der Waals surface area (Å²) in [6.45, 7) is 0. The minimum atomic E-state index is 0. The van der Waals surface area contributed by atoms with E-state index in [4.69, 9.17) is 0 Å². The third-order valence-electron chi connectivity index (χ3n) is 0. The van der Waals surface area contributed by atoms with Crippen molar-refractivity contribution in [3.8, 4) is 0 Å². The fourth-order valence-corrected chi connectivity index (χ4v) is 0. The van der Waals surface area contributed by atoms with Gasteiger partial charge in [-0.15, -0.1) is 0 Å². The van der Waals surface area contributed by atoms with Crippen LogP contribution in [0, 0.1) is 0 Å². The van der Waals surface area contributed by atoms with Crippen LogP contribution in [0.5, 0.6) is 0 Å². The second-order valence-corrected chi connectivity index (χ2v) is 0. The van der Waals surface area contributed by atoms with Gasteiger partial charge in [0.15, 0.2) is 0 Å². The van der Waals surface area contributed by atoms with Crippen LogP contribution >= 0.6 is 0 Å². The Hall–Kier alpha value is 2.80. The summed E-state index contributed by atoms with van der Waals surface area (Å²) >= 11 is 0. The van der Waals surface area contributed by atoms with E-state index in [1.54, 1.807) is 0 Å². The molecule has 4 heteroatoms. The van der Waals surface area contributed by atoms with E-state index >= 15 is 0 Å². The van der Waals surface area contributed by atoms with Crippen LogP contribution in [-0.2, 0) is 0 Å². The molecule has 0 unspecified atom stereocenters. The second kappa shape index (κ2) is 17.0. The molecule has 0 aliphatic carbocycles. The minimum Gasteiger partial charge on any atom is -1.00 e. The SMILES string of the molecule is [Br-].[Br-].[Tl+].[Tl+]. The van der Waals surface area contributed by atoms with Crippen LogP contribution in [0.15, 0.2) is 0 Å². The zero-order chi connectivity index (χ0) is 0. The van der Waals surface area contributed by atoms with Gasteiger partial charge in [0, 0.05) is 0 Å². The smallest absolute Gasteiger partial charge is 1.00 e. The molecule has 0 saturated carbocycles. The van der Waals surface area contributed by atoms with E-state index in [-0.39, 0.29) is 88.6 Å². The van der Waals surface area contributed by atoms with Gasteiger partial charge in [-0.25, -0.2) is 0 Å². The quantitative estimate of drug-likeness (QED) is 0.255. The molecule has 0 aromatic heterocycles. The van der Waals surface area contributed by atoms with Gasteiger partial charge in [0.25, 0.3) is 0 Å². The van der Waals surface area contributed by atoms with Crippen molar-refractivity contribution < 1.29 is 34.0 Å². The summed E-state index contributed by atoms with van der Waals surface area (Å²) in [6.07, 6.45) is 0. The van der Waals surface area contributed by atoms with Crippen molar-refractivity contribution in [2.24, 2.45) is 0 Å². The van der Waals surface area contributed by atoms with Gasteiger partial charge in [-0.3, -0.25) is 0 Å². The fourth-order valence-electron chi connectivity index (χ4n) is 0. The molecule has 4 heavy (non-hydrogen) atoms. The Bertz CT molecular complexity index is 4.00. The third kappa shape index (κ3) is 8.84. The molecule has 0 rings (SSSR count). The first kappa shape index (κ1) is 29.2. The summed E-state index contributed by atoms with van der Waals surface area (Å²) in [5.74, 6) is 0. The normalized spacial score (nSPS) is 0. The van der Waals surface area contributed by atoms with E-state index in [1.807, 2.05) is 0 Å². The molecule has 0 aromatic carbocycles. The maximum Gasteiger partial charge on any atom is 1.00 e. The molecular formula is Br2Tl2. The topological polar surface area (TPSA) is 0 Å². The third-order valence-corrected chi connectivity index (χ3v) is 0. The average molecular weight is 569 g/mol. The molecule has 0 fully saturated rings. The Kier molecular flexibility index (Phi) is 124. The van der Waals surface area contributed by atoms with Gasteiger partial charge in [0.05, 0.1) is 0 Å². The first-order valence-electron chi connectivity index (χ1n) is 0. The number of rotatable bonds is 0. The van der Waals surface area contributed by atoms with Gasteiger partial charge in [0.1, 0.15) is 0 Å². The van der Waals surface area contributed by atoms with Crippen molar-refractivity contribution in [1.29, 1.82) is 0 Å². The molecule has 0 heterocycles. The molecule has 0 nitrogen and oxygen atoms in total.